The largest absolute Gasteiger partial charge is 0.478 e. The van der Waals surface area contributed by atoms with E-state index in [1.54, 1.807) is 24.3 Å². The van der Waals surface area contributed by atoms with E-state index in [0.717, 1.165) is 29.9 Å². The Kier molecular flexibility index (Phi) is 7.15. The van der Waals surface area contributed by atoms with E-state index in [1.165, 1.54) is 19.3 Å². The lowest BCUT2D eigenvalue weighted by atomic mass is 9.96. The van der Waals surface area contributed by atoms with Crippen LogP contribution < -0.4 is 10.2 Å². The molecule has 1 aliphatic rings. The molecule has 1 saturated heterocycles. The van der Waals surface area contributed by atoms with Gasteiger partial charge >= 0.3 is 5.97 Å². The minimum absolute atomic E-state index is 0.0346. The van der Waals surface area contributed by atoms with Gasteiger partial charge in [-0.25, -0.2) is 4.79 Å². The molecule has 0 radical (unpaired) electrons. The number of carboxylic acid groups (broad SMARTS) is 1. The summed E-state index contributed by atoms with van der Waals surface area (Å²) in [5.41, 5.74) is 3.31. The number of halogens is 1. The second kappa shape index (κ2) is 9.79. The predicted molar refractivity (Wildman–Crippen MR) is 116 cm³/mol. The molecule has 6 heteroatoms. The van der Waals surface area contributed by atoms with Crippen molar-refractivity contribution in [3.8, 4) is 0 Å². The van der Waals surface area contributed by atoms with Gasteiger partial charge in [0.05, 0.1) is 11.5 Å². The van der Waals surface area contributed by atoms with Crippen LogP contribution in [0.1, 0.15) is 53.6 Å². The van der Waals surface area contributed by atoms with Gasteiger partial charge < -0.3 is 15.3 Å². The molecule has 29 heavy (non-hydrogen) atoms. The molecule has 3 rings (SSSR count). The Balaban J connectivity index is 1.62. The molecule has 2 aromatic carbocycles. The molecule has 2 aromatic rings. The van der Waals surface area contributed by atoms with Gasteiger partial charge in [0.15, 0.2) is 0 Å². The summed E-state index contributed by atoms with van der Waals surface area (Å²) in [6.45, 7) is 4.43. The SMILES string of the molecule is CC(C(=O)NCCc1ccc(C(=O)O)cc1)c1cc(Cl)ccc1N1CCCCC1. The molecule has 1 unspecified atom stereocenters. The van der Waals surface area contributed by atoms with Gasteiger partial charge in [0.1, 0.15) is 0 Å². The highest BCUT2D eigenvalue weighted by Crippen LogP contribution is 2.32. The minimum atomic E-state index is -0.940. The molecule has 1 fully saturated rings. The highest BCUT2D eigenvalue weighted by atomic mass is 35.5. The van der Waals surface area contributed by atoms with E-state index in [4.69, 9.17) is 16.7 Å². The molecule has 1 heterocycles. The Labute approximate surface area is 176 Å². The molecule has 154 valence electrons. The highest BCUT2D eigenvalue weighted by Gasteiger charge is 2.22. The summed E-state index contributed by atoms with van der Waals surface area (Å²) in [6.07, 6.45) is 4.24. The predicted octanol–water partition coefficient (Wildman–Crippen LogP) is 4.49. The fraction of sp³-hybridized carbons (Fsp3) is 0.391. The average Bonchev–Trinajstić information content (AvgIpc) is 2.74. The van der Waals surface area contributed by atoms with Gasteiger partial charge in [0.2, 0.25) is 5.91 Å². The van der Waals surface area contributed by atoms with Crippen molar-refractivity contribution in [3.63, 3.8) is 0 Å². The van der Waals surface area contributed by atoms with Crippen LogP contribution in [-0.4, -0.2) is 36.6 Å². The zero-order valence-electron chi connectivity index (χ0n) is 16.7. The van der Waals surface area contributed by atoms with E-state index in [2.05, 4.69) is 10.2 Å². The number of hydrogen-bond donors (Lipinski definition) is 2. The zero-order chi connectivity index (χ0) is 20.8. The molecule has 0 spiro atoms. The number of carbonyl (C=O) groups excluding carboxylic acids is 1. The summed E-state index contributed by atoms with van der Waals surface area (Å²) >= 11 is 6.23. The number of piperidine rings is 1. The number of nitrogens with one attached hydrogen (secondary N) is 1. The summed E-state index contributed by atoms with van der Waals surface area (Å²) < 4.78 is 0. The topological polar surface area (TPSA) is 69.6 Å². The third kappa shape index (κ3) is 5.51. The van der Waals surface area contributed by atoms with Crippen molar-refractivity contribution in [2.75, 3.05) is 24.5 Å². The van der Waals surface area contributed by atoms with E-state index in [1.807, 2.05) is 25.1 Å². The number of nitrogens with zero attached hydrogens (tertiary/aromatic N) is 1. The van der Waals surface area contributed by atoms with Crippen LogP contribution in [0.25, 0.3) is 0 Å². The van der Waals surface area contributed by atoms with Crippen molar-refractivity contribution < 1.29 is 14.7 Å². The van der Waals surface area contributed by atoms with Crippen LogP contribution >= 0.6 is 11.6 Å². The van der Waals surface area contributed by atoms with Crippen molar-refractivity contribution in [2.24, 2.45) is 0 Å². The lowest BCUT2D eigenvalue weighted by Crippen LogP contribution is -2.33. The maximum atomic E-state index is 12.8. The molecular formula is C23H27ClN2O3. The lowest BCUT2D eigenvalue weighted by Gasteiger charge is -2.32. The normalized spacial score (nSPS) is 15.0. The number of amides is 1. The minimum Gasteiger partial charge on any atom is -0.478 e. The second-order valence-corrected chi connectivity index (χ2v) is 7.95. The van der Waals surface area contributed by atoms with Gasteiger partial charge in [-0.2, -0.15) is 0 Å². The molecule has 5 nitrogen and oxygen atoms in total. The van der Waals surface area contributed by atoms with Gasteiger partial charge in [-0.1, -0.05) is 23.7 Å². The zero-order valence-corrected chi connectivity index (χ0v) is 17.4. The molecule has 0 bridgehead atoms. The number of benzene rings is 2. The summed E-state index contributed by atoms with van der Waals surface area (Å²) in [5, 5.41) is 12.6. The Morgan fingerprint density at radius 3 is 2.45 bits per heavy atom. The molecule has 0 aromatic heterocycles. The maximum absolute atomic E-state index is 12.8. The number of carbonyl (C=O) groups is 2. The molecule has 2 N–H and O–H groups in total. The van der Waals surface area contributed by atoms with Crippen LogP contribution in [0.15, 0.2) is 42.5 Å². The Morgan fingerprint density at radius 2 is 1.79 bits per heavy atom. The van der Waals surface area contributed by atoms with Crippen LogP contribution in [0.3, 0.4) is 0 Å². The molecule has 1 atom stereocenters. The van der Waals surface area contributed by atoms with E-state index in [9.17, 15) is 9.59 Å². The Bertz CT molecular complexity index is 861. The Hall–Kier alpha value is -2.53. The van der Waals surface area contributed by atoms with E-state index in [-0.39, 0.29) is 17.4 Å². The molecule has 0 saturated carbocycles. The average molecular weight is 415 g/mol. The molecular weight excluding hydrogens is 388 g/mol. The quantitative estimate of drug-likeness (QED) is 0.700. The first-order chi connectivity index (χ1) is 14.0. The third-order valence-electron chi connectivity index (χ3n) is 5.46. The van der Waals surface area contributed by atoms with E-state index in [0.29, 0.717) is 18.0 Å². The first kappa shape index (κ1) is 21.2. The molecule has 1 amide bonds. The standard InChI is InChI=1S/C23H27ClN2O3/c1-16(20-15-19(24)9-10-21(20)26-13-3-2-4-14-26)22(27)25-12-11-17-5-7-18(8-6-17)23(28)29/h5-10,15-16H,2-4,11-14H2,1H3,(H,25,27)(H,28,29). The van der Waals surface area contributed by atoms with Gasteiger partial charge in [0.25, 0.3) is 0 Å². The van der Waals surface area contributed by atoms with Crippen molar-refractivity contribution in [1.82, 2.24) is 5.32 Å². The number of rotatable bonds is 7. The highest BCUT2D eigenvalue weighted by molar-refractivity contribution is 6.30. The summed E-state index contributed by atoms with van der Waals surface area (Å²) in [7, 11) is 0. The van der Waals surface area contributed by atoms with Crippen molar-refractivity contribution in [3.05, 3.63) is 64.2 Å². The molecule has 0 aliphatic carbocycles. The second-order valence-electron chi connectivity index (χ2n) is 7.52. The fourth-order valence-corrected chi connectivity index (χ4v) is 3.91. The van der Waals surface area contributed by atoms with Crippen LogP contribution in [0.2, 0.25) is 5.02 Å². The van der Waals surface area contributed by atoms with Crippen LogP contribution in [0, 0.1) is 0 Å². The smallest absolute Gasteiger partial charge is 0.335 e. The van der Waals surface area contributed by atoms with Crippen LogP contribution in [0.4, 0.5) is 5.69 Å². The Morgan fingerprint density at radius 1 is 1.10 bits per heavy atom. The van der Waals surface area contributed by atoms with Crippen molar-refractivity contribution >= 4 is 29.2 Å². The summed E-state index contributed by atoms with van der Waals surface area (Å²) in [4.78, 5) is 26.0. The van der Waals surface area contributed by atoms with Crippen molar-refractivity contribution in [2.45, 2.75) is 38.5 Å². The first-order valence-corrected chi connectivity index (χ1v) is 10.5. The van der Waals surface area contributed by atoms with Gasteiger partial charge in [-0.05, 0) is 74.1 Å². The first-order valence-electron chi connectivity index (χ1n) is 10.1. The van der Waals surface area contributed by atoms with Crippen LogP contribution in [0.5, 0.6) is 0 Å². The van der Waals surface area contributed by atoms with Gasteiger partial charge in [0, 0.05) is 30.3 Å². The molecule has 1 aliphatic heterocycles. The van der Waals surface area contributed by atoms with Gasteiger partial charge in [-0.15, -0.1) is 0 Å². The maximum Gasteiger partial charge on any atom is 0.335 e. The summed E-state index contributed by atoms with van der Waals surface area (Å²) in [6, 6.07) is 12.5. The number of anilines is 1. The fourth-order valence-electron chi connectivity index (χ4n) is 3.73. The van der Waals surface area contributed by atoms with E-state index >= 15 is 0 Å². The van der Waals surface area contributed by atoms with Crippen molar-refractivity contribution in [1.29, 1.82) is 0 Å². The third-order valence-corrected chi connectivity index (χ3v) is 5.70. The van der Waals surface area contributed by atoms with E-state index < -0.39 is 5.97 Å². The number of aromatic carboxylic acids is 1. The summed E-state index contributed by atoms with van der Waals surface area (Å²) in [5.74, 6) is -1.28. The monoisotopic (exact) mass is 414 g/mol. The lowest BCUT2D eigenvalue weighted by molar-refractivity contribution is -0.122. The van der Waals surface area contributed by atoms with Crippen LogP contribution in [-0.2, 0) is 11.2 Å². The van der Waals surface area contributed by atoms with Gasteiger partial charge in [-0.3, -0.25) is 4.79 Å². The number of carboxylic acids is 1. The number of hydrogen-bond acceptors (Lipinski definition) is 3.